The number of alkyl carbamates (subject to hydrolysis) is 1. The zero-order valence-electron chi connectivity index (χ0n) is 13.0. The Bertz CT molecular complexity index is 531. The van der Waals surface area contributed by atoms with Crippen LogP contribution in [-0.2, 0) is 14.3 Å². The largest absolute Gasteiger partial charge is 0.467 e. The fraction of sp³-hybridized carbons (Fsp3) is 0.467. The van der Waals surface area contributed by atoms with Crippen molar-refractivity contribution in [3.63, 3.8) is 0 Å². The van der Waals surface area contributed by atoms with Crippen LogP contribution < -0.4 is 5.32 Å². The molecule has 122 valence electrons. The first-order valence-corrected chi connectivity index (χ1v) is 8.45. The number of hydrogen-bond acceptors (Lipinski definition) is 5. The third kappa shape index (κ3) is 7.17. The highest BCUT2D eigenvalue weighted by Gasteiger charge is 2.25. The van der Waals surface area contributed by atoms with Crippen molar-refractivity contribution in [2.24, 2.45) is 0 Å². The maximum atomic E-state index is 11.8. The summed E-state index contributed by atoms with van der Waals surface area (Å²) in [6.07, 6.45) is -0.641. The van der Waals surface area contributed by atoms with Gasteiger partial charge in [0.1, 0.15) is 11.6 Å². The van der Waals surface area contributed by atoms with Gasteiger partial charge in [-0.3, -0.25) is 0 Å². The summed E-state index contributed by atoms with van der Waals surface area (Å²) in [5, 5.41) is 2.54. The van der Waals surface area contributed by atoms with E-state index >= 15 is 0 Å². The summed E-state index contributed by atoms with van der Waals surface area (Å²) in [5.74, 6) is -0.157. The SMILES string of the molecule is COC(=O)[C@@H](CSc1cccc(Br)c1)NC(=O)OC(C)(C)C. The van der Waals surface area contributed by atoms with Crippen LogP contribution >= 0.6 is 27.7 Å². The first-order chi connectivity index (χ1) is 10.2. The van der Waals surface area contributed by atoms with E-state index in [4.69, 9.17) is 9.47 Å². The molecule has 0 heterocycles. The van der Waals surface area contributed by atoms with Gasteiger partial charge >= 0.3 is 12.1 Å². The number of methoxy groups -OCH3 is 1. The number of hydrogen-bond donors (Lipinski definition) is 1. The van der Waals surface area contributed by atoms with E-state index in [9.17, 15) is 9.59 Å². The molecule has 0 saturated heterocycles. The second-order valence-electron chi connectivity index (χ2n) is 5.49. The number of carbonyl (C=O) groups excluding carboxylic acids is 2. The van der Waals surface area contributed by atoms with Gasteiger partial charge in [0.25, 0.3) is 0 Å². The Morgan fingerprint density at radius 3 is 2.59 bits per heavy atom. The molecule has 0 bridgehead atoms. The Morgan fingerprint density at radius 1 is 1.36 bits per heavy atom. The normalized spacial score (nSPS) is 12.4. The van der Waals surface area contributed by atoms with Gasteiger partial charge in [0.15, 0.2) is 0 Å². The maximum absolute atomic E-state index is 11.8. The van der Waals surface area contributed by atoms with Crippen molar-refractivity contribution in [1.29, 1.82) is 0 Å². The second kappa shape index (κ2) is 8.43. The summed E-state index contributed by atoms with van der Waals surface area (Å²) in [7, 11) is 1.29. The molecule has 0 spiro atoms. The van der Waals surface area contributed by atoms with E-state index in [1.165, 1.54) is 18.9 Å². The monoisotopic (exact) mass is 389 g/mol. The lowest BCUT2D eigenvalue weighted by Crippen LogP contribution is -2.45. The average Bonchev–Trinajstić information content (AvgIpc) is 2.40. The highest BCUT2D eigenvalue weighted by molar-refractivity contribution is 9.10. The van der Waals surface area contributed by atoms with Crippen molar-refractivity contribution in [1.82, 2.24) is 5.32 Å². The fourth-order valence-corrected chi connectivity index (χ4v) is 3.01. The lowest BCUT2D eigenvalue weighted by Gasteiger charge is -2.22. The van der Waals surface area contributed by atoms with Crippen LogP contribution in [0.5, 0.6) is 0 Å². The van der Waals surface area contributed by atoms with E-state index in [-0.39, 0.29) is 0 Å². The third-order valence-corrected chi connectivity index (χ3v) is 3.97. The van der Waals surface area contributed by atoms with E-state index in [0.29, 0.717) is 5.75 Å². The number of esters is 1. The van der Waals surface area contributed by atoms with E-state index in [1.807, 2.05) is 24.3 Å². The minimum Gasteiger partial charge on any atom is -0.467 e. The molecule has 7 heteroatoms. The summed E-state index contributed by atoms with van der Waals surface area (Å²) in [4.78, 5) is 24.6. The molecule has 1 amide bonds. The van der Waals surface area contributed by atoms with Crippen LogP contribution in [-0.4, -0.2) is 36.6 Å². The van der Waals surface area contributed by atoms with Crippen LogP contribution in [0, 0.1) is 0 Å². The van der Waals surface area contributed by atoms with Gasteiger partial charge < -0.3 is 14.8 Å². The van der Waals surface area contributed by atoms with Crippen LogP contribution in [0.15, 0.2) is 33.6 Å². The lowest BCUT2D eigenvalue weighted by molar-refractivity contribution is -0.142. The molecule has 1 atom stereocenters. The van der Waals surface area contributed by atoms with Gasteiger partial charge in [-0.15, -0.1) is 11.8 Å². The van der Waals surface area contributed by atoms with Gasteiger partial charge in [0.2, 0.25) is 0 Å². The van der Waals surface area contributed by atoms with Crippen molar-refractivity contribution in [3.8, 4) is 0 Å². The topological polar surface area (TPSA) is 64.6 Å². The lowest BCUT2D eigenvalue weighted by atomic mass is 10.2. The quantitative estimate of drug-likeness (QED) is 0.615. The Kier molecular flexibility index (Phi) is 7.22. The molecular weight excluding hydrogens is 370 g/mol. The van der Waals surface area contributed by atoms with Crippen LogP contribution in [0.25, 0.3) is 0 Å². The van der Waals surface area contributed by atoms with Crippen molar-refractivity contribution in [3.05, 3.63) is 28.7 Å². The first-order valence-electron chi connectivity index (χ1n) is 6.67. The molecule has 0 aliphatic heterocycles. The zero-order valence-corrected chi connectivity index (χ0v) is 15.4. The van der Waals surface area contributed by atoms with E-state index in [0.717, 1.165) is 9.37 Å². The Balaban J connectivity index is 2.65. The first kappa shape index (κ1) is 18.8. The van der Waals surface area contributed by atoms with Crippen LogP contribution in [0.2, 0.25) is 0 Å². The van der Waals surface area contributed by atoms with Gasteiger partial charge in [0, 0.05) is 15.1 Å². The molecule has 0 aliphatic carbocycles. The number of thioether (sulfide) groups is 1. The molecule has 0 radical (unpaired) electrons. The summed E-state index contributed by atoms with van der Waals surface area (Å²) in [6, 6.07) is 6.91. The molecule has 1 rings (SSSR count). The third-order valence-electron chi connectivity index (χ3n) is 2.39. The molecule has 0 saturated carbocycles. The van der Waals surface area contributed by atoms with Crippen molar-refractivity contribution < 1.29 is 19.1 Å². The molecule has 0 unspecified atom stereocenters. The summed E-state index contributed by atoms with van der Waals surface area (Å²) < 4.78 is 10.8. The van der Waals surface area contributed by atoms with Gasteiger partial charge in [0.05, 0.1) is 7.11 Å². The van der Waals surface area contributed by atoms with Gasteiger partial charge in [-0.05, 0) is 39.0 Å². The van der Waals surface area contributed by atoms with Crippen LogP contribution in [0.3, 0.4) is 0 Å². The highest BCUT2D eigenvalue weighted by atomic mass is 79.9. The number of halogens is 1. The number of nitrogens with one attached hydrogen (secondary N) is 1. The van der Waals surface area contributed by atoms with E-state index in [2.05, 4.69) is 21.2 Å². The minimum atomic E-state index is -0.774. The predicted octanol–water partition coefficient (Wildman–Crippen LogP) is 3.61. The summed E-state index contributed by atoms with van der Waals surface area (Å²) >= 11 is 4.84. The van der Waals surface area contributed by atoms with Crippen LogP contribution in [0.1, 0.15) is 20.8 Å². The maximum Gasteiger partial charge on any atom is 0.408 e. The summed E-state index contributed by atoms with van der Waals surface area (Å²) in [5.41, 5.74) is -0.623. The molecule has 5 nitrogen and oxygen atoms in total. The number of carbonyl (C=O) groups is 2. The molecule has 1 aromatic carbocycles. The minimum absolute atomic E-state index is 0.350. The van der Waals surface area contributed by atoms with Gasteiger partial charge in [-0.2, -0.15) is 0 Å². The molecule has 0 fully saturated rings. The van der Waals surface area contributed by atoms with E-state index in [1.54, 1.807) is 20.8 Å². The van der Waals surface area contributed by atoms with E-state index < -0.39 is 23.7 Å². The number of benzene rings is 1. The predicted molar refractivity (Wildman–Crippen MR) is 90.0 cm³/mol. The molecule has 1 aromatic rings. The Hall–Kier alpha value is -1.21. The molecule has 0 aliphatic rings. The van der Waals surface area contributed by atoms with Crippen LogP contribution in [0.4, 0.5) is 4.79 Å². The number of rotatable bonds is 5. The second-order valence-corrected chi connectivity index (χ2v) is 7.50. The fourth-order valence-electron chi connectivity index (χ4n) is 1.50. The average molecular weight is 390 g/mol. The van der Waals surface area contributed by atoms with Gasteiger partial charge in [-0.25, -0.2) is 9.59 Å². The molecule has 22 heavy (non-hydrogen) atoms. The van der Waals surface area contributed by atoms with Crippen molar-refractivity contribution >= 4 is 39.8 Å². The standard InChI is InChI=1S/C15H20BrNO4S/c1-15(2,3)21-14(19)17-12(13(18)20-4)9-22-11-7-5-6-10(16)8-11/h5-8,12H,9H2,1-4H3,(H,17,19)/t12-/m1/s1. The molecule has 0 aromatic heterocycles. The van der Waals surface area contributed by atoms with Crippen molar-refractivity contribution in [2.75, 3.05) is 12.9 Å². The Morgan fingerprint density at radius 2 is 2.05 bits per heavy atom. The summed E-state index contributed by atoms with van der Waals surface area (Å²) in [6.45, 7) is 5.28. The Labute approximate surface area is 143 Å². The number of amides is 1. The smallest absolute Gasteiger partial charge is 0.408 e. The molecular formula is C15H20BrNO4S. The molecule has 1 N–H and O–H groups in total. The van der Waals surface area contributed by atoms with Gasteiger partial charge in [-0.1, -0.05) is 22.0 Å². The van der Waals surface area contributed by atoms with Crippen molar-refractivity contribution in [2.45, 2.75) is 37.3 Å². The zero-order chi connectivity index (χ0) is 16.8. The highest BCUT2D eigenvalue weighted by Crippen LogP contribution is 2.22. The number of ether oxygens (including phenoxy) is 2.